The second-order valence-electron chi connectivity index (χ2n) is 7.35. The first-order valence-electron chi connectivity index (χ1n) is 8.79. The van der Waals surface area contributed by atoms with Gasteiger partial charge in [-0.25, -0.2) is 0 Å². The molecule has 128 valence electrons. The number of carboxylic acid groups (broad SMARTS) is 1. The molecule has 6 heteroatoms. The third-order valence-electron chi connectivity index (χ3n) is 5.52. The van der Waals surface area contributed by atoms with Crippen molar-refractivity contribution >= 4 is 17.8 Å². The van der Waals surface area contributed by atoms with E-state index in [1.165, 1.54) is 0 Å². The summed E-state index contributed by atoms with van der Waals surface area (Å²) in [4.78, 5) is 40.0. The summed E-state index contributed by atoms with van der Waals surface area (Å²) in [7, 11) is 0. The number of carboxylic acids is 1. The van der Waals surface area contributed by atoms with Gasteiger partial charge in [0.1, 0.15) is 0 Å². The first-order valence-corrected chi connectivity index (χ1v) is 8.79. The highest BCUT2D eigenvalue weighted by Gasteiger charge is 2.40. The molecule has 2 saturated heterocycles. The summed E-state index contributed by atoms with van der Waals surface area (Å²) in [6, 6.07) is 0.0904. The van der Waals surface area contributed by atoms with Gasteiger partial charge in [0.05, 0.1) is 11.8 Å². The lowest BCUT2D eigenvalue weighted by molar-refractivity contribution is -0.150. The average Bonchev–Trinajstić information content (AvgIpc) is 3.38. The second kappa shape index (κ2) is 6.49. The van der Waals surface area contributed by atoms with Crippen molar-refractivity contribution in [3.8, 4) is 0 Å². The molecule has 0 bridgehead atoms. The highest BCUT2D eigenvalue weighted by atomic mass is 16.4. The molecule has 1 saturated carbocycles. The molecule has 0 aromatic carbocycles. The quantitative estimate of drug-likeness (QED) is 0.851. The normalized spacial score (nSPS) is 31.8. The van der Waals surface area contributed by atoms with Crippen LogP contribution in [0.3, 0.4) is 0 Å². The highest BCUT2D eigenvalue weighted by molar-refractivity contribution is 5.84. The Labute approximate surface area is 136 Å². The van der Waals surface area contributed by atoms with Gasteiger partial charge in [-0.3, -0.25) is 14.4 Å². The lowest BCUT2D eigenvalue weighted by Crippen LogP contribution is -2.53. The van der Waals surface area contributed by atoms with Crippen molar-refractivity contribution in [2.24, 2.45) is 17.8 Å². The van der Waals surface area contributed by atoms with Crippen LogP contribution in [0.2, 0.25) is 0 Å². The Morgan fingerprint density at radius 1 is 0.870 bits per heavy atom. The lowest BCUT2D eigenvalue weighted by Gasteiger charge is -2.41. The average molecular weight is 322 g/mol. The molecular weight excluding hydrogens is 296 g/mol. The number of amides is 2. The molecule has 3 fully saturated rings. The molecule has 0 radical (unpaired) electrons. The van der Waals surface area contributed by atoms with Crippen LogP contribution >= 0.6 is 0 Å². The molecule has 0 spiro atoms. The van der Waals surface area contributed by atoms with Crippen molar-refractivity contribution in [3.63, 3.8) is 0 Å². The van der Waals surface area contributed by atoms with Crippen LogP contribution in [0.1, 0.15) is 45.4 Å². The van der Waals surface area contributed by atoms with Crippen molar-refractivity contribution < 1.29 is 19.5 Å². The smallest absolute Gasteiger partial charge is 0.308 e. The van der Waals surface area contributed by atoms with E-state index >= 15 is 0 Å². The molecule has 2 amide bonds. The number of piperidine rings is 2. The standard InChI is InChI=1S/C17H26N2O4/c1-11-4-5-14(17(22)23)10-19(11)16(21)13-3-2-8-18(9-13)15(20)12-6-7-12/h11-14H,2-10H2,1H3,(H,22,23). The van der Waals surface area contributed by atoms with Crippen molar-refractivity contribution in [2.45, 2.75) is 51.5 Å². The van der Waals surface area contributed by atoms with E-state index in [-0.39, 0.29) is 29.7 Å². The molecule has 3 atom stereocenters. The van der Waals surface area contributed by atoms with E-state index in [4.69, 9.17) is 0 Å². The SMILES string of the molecule is CC1CCC(C(=O)O)CN1C(=O)C1CCCN(C(=O)C2CC2)C1. The molecule has 0 aromatic heterocycles. The fraction of sp³-hybridized carbons (Fsp3) is 0.824. The van der Waals surface area contributed by atoms with Crippen LogP contribution in [0.15, 0.2) is 0 Å². The first-order chi connectivity index (χ1) is 11.0. The van der Waals surface area contributed by atoms with Gasteiger partial charge in [0, 0.05) is 31.6 Å². The molecule has 2 aliphatic heterocycles. The maximum Gasteiger partial charge on any atom is 0.308 e. The van der Waals surface area contributed by atoms with E-state index in [1.54, 1.807) is 4.90 Å². The van der Waals surface area contributed by atoms with Crippen LogP contribution in [0.5, 0.6) is 0 Å². The van der Waals surface area contributed by atoms with Gasteiger partial charge in [0.2, 0.25) is 11.8 Å². The summed E-state index contributed by atoms with van der Waals surface area (Å²) in [5, 5.41) is 9.23. The lowest BCUT2D eigenvalue weighted by atomic mass is 9.90. The topological polar surface area (TPSA) is 77.9 Å². The van der Waals surface area contributed by atoms with Gasteiger partial charge >= 0.3 is 5.97 Å². The minimum atomic E-state index is -0.816. The van der Waals surface area contributed by atoms with E-state index in [9.17, 15) is 19.5 Å². The predicted octanol–water partition coefficient (Wildman–Crippen LogP) is 1.35. The van der Waals surface area contributed by atoms with Gasteiger partial charge in [-0.05, 0) is 45.4 Å². The minimum absolute atomic E-state index is 0.0387. The fourth-order valence-corrected chi connectivity index (χ4v) is 3.82. The van der Waals surface area contributed by atoms with E-state index < -0.39 is 11.9 Å². The number of likely N-dealkylation sites (tertiary alicyclic amines) is 2. The third kappa shape index (κ3) is 3.51. The Morgan fingerprint density at radius 3 is 2.22 bits per heavy atom. The number of carbonyl (C=O) groups is 3. The number of aliphatic carboxylic acids is 1. The number of nitrogens with zero attached hydrogens (tertiary/aromatic N) is 2. The molecule has 0 aromatic rings. The van der Waals surface area contributed by atoms with Gasteiger partial charge in [-0.2, -0.15) is 0 Å². The van der Waals surface area contributed by atoms with Crippen LogP contribution in [0.4, 0.5) is 0 Å². The molecule has 6 nitrogen and oxygen atoms in total. The Balaban J connectivity index is 1.63. The predicted molar refractivity (Wildman–Crippen MR) is 83.6 cm³/mol. The Morgan fingerprint density at radius 2 is 1.57 bits per heavy atom. The van der Waals surface area contributed by atoms with Gasteiger partial charge in [0.15, 0.2) is 0 Å². The molecule has 3 rings (SSSR count). The van der Waals surface area contributed by atoms with E-state index in [0.717, 1.165) is 38.6 Å². The zero-order valence-corrected chi connectivity index (χ0v) is 13.7. The summed E-state index contributed by atoms with van der Waals surface area (Å²) in [5.74, 6) is -1.00. The largest absolute Gasteiger partial charge is 0.481 e. The van der Waals surface area contributed by atoms with E-state index in [0.29, 0.717) is 19.5 Å². The molecule has 2 heterocycles. The van der Waals surface area contributed by atoms with E-state index in [1.807, 2.05) is 11.8 Å². The second-order valence-corrected chi connectivity index (χ2v) is 7.35. The number of hydrogen-bond donors (Lipinski definition) is 1. The highest BCUT2D eigenvalue weighted by Crippen LogP contribution is 2.33. The van der Waals surface area contributed by atoms with Gasteiger partial charge in [-0.15, -0.1) is 0 Å². The minimum Gasteiger partial charge on any atom is -0.481 e. The van der Waals surface area contributed by atoms with Gasteiger partial charge in [0.25, 0.3) is 0 Å². The zero-order valence-electron chi connectivity index (χ0n) is 13.7. The van der Waals surface area contributed by atoms with Crippen molar-refractivity contribution in [3.05, 3.63) is 0 Å². The molecule has 3 aliphatic rings. The number of rotatable bonds is 3. The molecule has 23 heavy (non-hydrogen) atoms. The Bertz CT molecular complexity index is 503. The summed E-state index contributed by atoms with van der Waals surface area (Å²) in [6.45, 7) is 3.57. The first kappa shape index (κ1) is 16.3. The Hall–Kier alpha value is -1.59. The summed E-state index contributed by atoms with van der Waals surface area (Å²) < 4.78 is 0. The van der Waals surface area contributed by atoms with Crippen LogP contribution in [0.25, 0.3) is 0 Å². The molecule has 1 N–H and O–H groups in total. The Kier molecular flexibility index (Phi) is 4.60. The number of carbonyl (C=O) groups excluding carboxylic acids is 2. The molecule has 1 aliphatic carbocycles. The summed E-state index contributed by atoms with van der Waals surface area (Å²) >= 11 is 0. The van der Waals surface area contributed by atoms with Crippen LogP contribution in [0, 0.1) is 17.8 Å². The maximum absolute atomic E-state index is 12.9. The zero-order chi connectivity index (χ0) is 16.6. The molecule has 3 unspecified atom stereocenters. The van der Waals surface area contributed by atoms with Gasteiger partial charge < -0.3 is 14.9 Å². The fourth-order valence-electron chi connectivity index (χ4n) is 3.82. The monoisotopic (exact) mass is 322 g/mol. The van der Waals surface area contributed by atoms with Crippen LogP contribution in [-0.4, -0.2) is 58.4 Å². The van der Waals surface area contributed by atoms with Crippen molar-refractivity contribution in [2.75, 3.05) is 19.6 Å². The van der Waals surface area contributed by atoms with Crippen molar-refractivity contribution in [1.82, 2.24) is 9.80 Å². The van der Waals surface area contributed by atoms with Crippen LogP contribution < -0.4 is 0 Å². The van der Waals surface area contributed by atoms with Crippen molar-refractivity contribution in [1.29, 1.82) is 0 Å². The van der Waals surface area contributed by atoms with Gasteiger partial charge in [-0.1, -0.05) is 0 Å². The van der Waals surface area contributed by atoms with E-state index in [2.05, 4.69) is 0 Å². The maximum atomic E-state index is 12.9. The van der Waals surface area contributed by atoms with Crippen LogP contribution in [-0.2, 0) is 14.4 Å². The summed E-state index contributed by atoms with van der Waals surface area (Å²) in [5.41, 5.74) is 0. The number of hydrogen-bond acceptors (Lipinski definition) is 3. The molecular formula is C17H26N2O4. The summed E-state index contributed by atoms with van der Waals surface area (Å²) in [6.07, 6.45) is 5.00. The third-order valence-corrected chi connectivity index (χ3v) is 5.52.